The third kappa shape index (κ3) is 7.93. The van der Waals surface area contributed by atoms with Crippen molar-refractivity contribution in [2.75, 3.05) is 13.1 Å². The maximum absolute atomic E-state index is 12.7. The number of carbonyl (C=O) groups is 4. The molecule has 0 heterocycles. The summed E-state index contributed by atoms with van der Waals surface area (Å²) in [6, 6.07) is 9.11. The van der Waals surface area contributed by atoms with Crippen LogP contribution < -0.4 is 21.7 Å². The second-order valence-electron chi connectivity index (χ2n) is 9.11. The van der Waals surface area contributed by atoms with Crippen LogP contribution >= 0.6 is 11.6 Å². The molecule has 10 nitrogen and oxygen atoms in total. The van der Waals surface area contributed by atoms with Crippen molar-refractivity contribution in [2.45, 2.75) is 38.3 Å². The van der Waals surface area contributed by atoms with Crippen LogP contribution in [0, 0.1) is 11.8 Å². The number of hydrogen-bond donors (Lipinski definition) is 6. The van der Waals surface area contributed by atoms with Gasteiger partial charge in [-0.25, -0.2) is 4.79 Å². The van der Waals surface area contributed by atoms with Crippen molar-refractivity contribution in [3.05, 3.63) is 64.2 Å². The Kier molecular flexibility index (Phi) is 9.87. The number of amides is 3. The number of halogens is 1. The number of benzene rings is 2. The van der Waals surface area contributed by atoms with Crippen molar-refractivity contribution in [2.24, 2.45) is 17.6 Å². The topological polar surface area (TPSA) is 171 Å². The number of aliphatic carboxylic acids is 1. The summed E-state index contributed by atoms with van der Waals surface area (Å²) in [5.74, 6) is -2.44. The van der Waals surface area contributed by atoms with E-state index in [9.17, 15) is 29.4 Å². The minimum Gasteiger partial charge on any atom is -0.508 e. The summed E-state index contributed by atoms with van der Waals surface area (Å²) in [5, 5.41) is 26.7. The zero-order chi connectivity index (χ0) is 26.9. The Morgan fingerprint density at radius 1 is 1.00 bits per heavy atom. The number of aromatic hydroxyl groups is 1. The molecule has 11 heteroatoms. The Morgan fingerprint density at radius 2 is 1.73 bits per heavy atom. The minimum atomic E-state index is -1.36. The Hall–Kier alpha value is -3.63. The van der Waals surface area contributed by atoms with Crippen molar-refractivity contribution in [1.82, 2.24) is 16.0 Å². The molecular weight excluding hydrogens is 500 g/mol. The van der Waals surface area contributed by atoms with Crippen molar-refractivity contribution < 1.29 is 29.4 Å². The van der Waals surface area contributed by atoms with Crippen molar-refractivity contribution in [1.29, 1.82) is 0 Å². The molecule has 3 amide bonds. The fraction of sp³-hybridized carbons (Fsp3) is 0.385. The van der Waals surface area contributed by atoms with E-state index in [2.05, 4.69) is 16.0 Å². The third-order valence-corrected chi connectivity index (χ3v) is 6.79. The van der Waals surface area contributed by atoms with Gasteiger partial charge in [-0.15, -0.1) is 0 Å². The van der Waals surface area contributed by atoms with Crippen molar-refractivity contribution in [3.8, 4) is 5.75 Å². The number of phenolic OH excluding ortho intramolecular Hbond substituents is 1. The Morgan fingerprint density at radius 3 is 2.35 bits per heavy atom. The van der Waals surface area contributed by atoms with Gasteiger partial charge in [-0.05, 0) is 74.0 Å². The molecule has 1 atom stereocenters. The van der Waals surface area contributed by atoms with E-state index < -0.39 is 23.8 Å². The van der Waals surface area contributed by atoms with Gasteiger partial charge in [0.15, 0.2) is 0 Å². The Balaban J connectivity index is 1.55. The fourth-order valence-electron chi connectivity index (χ4n) is 4.23. The lowest BCUT2D eigenvalue weighted by molar-refractivity contribution is -0.139. The molecule has 1 saturated carbocycles. The van der Waals surface area contributed by atoms with Crippen molar-refractivity contribution >= 4 is 35.3 Å². The molecule has 37 heavy (non-hydrogen) atoms. The summed E-state index contributed by atoms with van der Waals surface area (Å²) in [4.78, 5) is 49.3. The van der Waals surface area contributed by atoms with Gasteiger partial charge in [0.1, 0.15) is 11.8 Å². The first-order chi connectivity index (χ1) is 17.7. The maximum Gasteiger partial charge on any atom is 0.328 e. The SMILES string of the molecule is NC[C@H]1CC[C@H](C(=O)NC[C@H](NC(=O)c2ccc(C(=O)NCc3cccc(O)c3)cc2Cl)C(=O)O)CC1. The smallest absolute Gasteiger partial charge is 0.328 e. The third-order valence-electron chi connectivity index (χ3n) is 6.47. The highest BCUT2D eigenvalue weighted by atomic mass is 35.5. The van der Waals surface area contributed by atoms with Gasteiger partial charge in [0.2, 0.25) is 5.91 Å². The molecular formula is C26H31ClN4O6. The second kappa shape index (κ2) is 13.1. The average molecular weight is 531 g/mol. The monoisotopic (exact) mass is 530 g/mol. The molecule has 0 saturated heterocycles. The largest absolute Gasteiger partial charge is 0.508 e. The van der Waals surface area contributed by atoms with Crippen LogP contribution in [0.4, 0.5) is 0 Å². The predicted octanol–water partition coefficient (Wildman–Crippen LogP) is 2.04. The molecule has 2 aromatic rings. The summed E-state index contributed by atoms with van der Waals surface area (Å²) in [6.45, 7) is 0.492. The number of carbonyl (C=O) groups excluding carboxylic acids is 3. The average Bonchev–Trinajstić information content (AvgIpc) is 2.89. The van der Waals surface area contributed by atoms with Gasteiger partial charge in [0.25, 0.3) is 11.8 Å². The number of hydrogen-bond acceptors (Lipinski definition) is 6. The second-order valence-corrected chi connectivity index (χ2v) is 9.52. The normalized spacial score (nSPS) is 17.9. The zero-order valence-corrected chi connectivity index (χ0v) is 21.0. The number of carboxylic acids is 1. The van der Waals surface area contributed by atoms with Gasteiger partial charge in [-0.2, -0.15) is 0 Å². The Bertz CT molecular complexity index is 1150. The highest BCUT2D eigenvalue weighted by molar-refractivity contribution is 6.34. The molecule has 0 unspecified atom stereocenters. The van der Waals surface area contributed by atoms with Gasteiger partial charge in [-0.3, -0.25) is 14.4 Å². The number of nitrogens with one attached hydrogen (secondary N) is 3. The number of rotatable bonds is 10. The van der Waals surface area contributed by atoms with Gasteiger partial charge in [0, 0.05) is 24.6 Å². The van der Waals surface area contributed by atoms with Crippen LogP contribution in [0.2, 0.25) is 5.02 Å². The summed E-state index contributed by atoms with van der Waals surface area (Å²) >= 11 is 6.22. The molecule has 2 aromatic carbocycles. The first-order valence-electron chi connectivity index (χ1n) is 12.0. The van der Waals surface area contributed by atoms with Crippen molar-refractivity contribution in [3.63, 3.8) is 0 Å². The molecule has 0 aromatic heterocycles. The molecule has 198 valence electrons. The van der Waals surface area contributed by atoms with Crippen LogP contribution in [0.1, 0.15) is 52.0 Å². The maximum atomic E-state index is 12.7. The van der Waals surface area contributed by atoms with Crippen LogP contribution in [0.3, 0.4) is 0 Å². The van der Waals surface area contributed by atoms with E-state index >= 15 is 0 Å². The van der Waals surface area contributed by atoms with E-state index in [1.54, 1.807) is 12.1 Å². The molecule has 3 rings (SSSR count). The summed E-state index contributed by atoms with van der Waals surface area (Å²) < 4.78 is 0. The Labute approximate surface area is 219 Å². The van der Waals surface area contributed by atoms with Gasteiger partial charge in [-0.1, -0.05) is 23.7 Å². The molecule has 0 radical (unpaired) electrons. The number of phenols is 1. The first-order valence-corrected chi connectivity index (χ1v) is 12.4. The van der Waals surface area contributed by atoms with E-state index in [0.717, 1.165) is 12.8 Å². The fourth-order valence-corrected chi connectivity index (χ4v) is 4.50. The highest BCUT2D eigenvalue weighted by Crippen LogP contribution is 2.28. The van der Waals surface area contributed by atoms with E-state index in [0.29, 0.717) is 30.9 Å². The summed E-state index contributed by atoms with van der Waals surface area (Å²) in [6.07, 6.45) is 3.11. The van der Waals surface area contributed by atoms with E-state index in [-0.39, 0.29) is 46.8 Å². The lowest BCUT2D eigenvalue weighted by atomic mass is 9.81. The van der Waals surface area contributed by atoms with Crippen LogP contribution in [-0.4, -0.2) is 53.0 Å². The van der Waals surface area contributed by atoms with E-state index in [4.69, 9.17) is 17.3 Å². The van der Waals surface area contributed by atoms with Gasteiger partial charge < -0.3 is 31.9 Å². The molecule has 0 bridgehead atoms. The highest BCUT2D eigenvalue weighted by Gasteiger charge is 2.28. The van der Waals surface area contributed by atoms with Crippen LogP contribution in [0.5, 0.6) is 5.75 Å². The molecule has 0 spiro atoms. The molecule has 0 aliphatic heterocycles. The van der Waals surface area contributed by atoms with Crippen LogP contribution in [0.25, 0.3) is 0 Å². The number of carboxylic acid groups (broad SMARTS) is 1. The van der Waals surface area contributed by atoms with E-state index in [1.807, 2.05) is 0 Å². The van der Waals surface area contributed by atoms with Gasteiger partial charge in [0.05, 0.1) is 10.6 Å². The predicted molar refractivity (Wildman–Crippen MR) is 137 cm³/mol. The summed E-state index contributed by atoms with van der Waals surface area (Å²) in [7, 11) is 0. The minimum absolute atomic E-state index is 0.0103. The van der Waals surface area contributed by atoms with Crippen LogP contribution in [0.15, 0.2) is 42.5 Å². The first kappa shape index (κ1) is 27.9. The molecule has 1 aliphatic carbocycles. The van der Waals surface area contributed by atoms with E-state index in [1.165, 1.54) is 30.3 Å². The summed E-state index contributed by atoms with van der Waals surface area (Å²) in [5.41, 5.74) is 6.57. The lowest BCUT2D eigenvalue weighted by Gasteiger charge is -2.27. The molecule has 1 fully saturated rings. The number of nitrogens with two attached hydrogens (primary N) is 1. The quantitative estimate of drug-likeness (QED) is 0.273. The van der Waals surface area contributed by atoms with Gasteiger partial charge >= 0.3 is 5.97 Å². The molecule has 1 aliphatic rings. The van der Waals surface area contributed by atoms with Crippen LogP contribution in [-0.2, 0) is 16.1 Å². The molecule has 7 N–H and O–H groups in total. The standard InChI is InChI=1S/C26H31ClN4O6/c27-21-11-18(24(34)29-13-16-2-1-3-19(32)10-16)8-9-20(21)25(35)31-22(26(36)37)14-30-23(33)17-6-4-15(12-28)5-7-17/h1-3,8-11,15,17,22,32H,4-7,12-14,28H2,(H,29,34)(H,30,33)(H,31,35)(H,36,37)/t15-,17-,22-/m0/s1. The zero-order valence-electron chi connectivity index (χ0n) is 20.2. The lowest BCUT2D eigenvalue weighted by Crippen LogP contribution is -2.49.